The number of hydrogen-bond acceptors (Lipinski definition) is 4. The minimum absolute atomic E-state index is 0.109. The fraction of sp³-hybridized carbons (Fsp3) is 0.182. The van der Waals surface area contributed by atoms with Crippen molar-refractivity contribution >= 4 is 17.3 Å². The van der Waals surface area contributed by atoms with E-state index in [0.717, 1.165) is 5.69 Å². The predicted molar refractivity (Wildman–Crippen MR) is 68.4 cm³/mol. The van der Waals surface area contributed by atoms with Gasteiger partial charge < -0.3 is 10.7 Å². The average molecular weight is 267 g/mol. The van der Waals surface area contributed by atoms with Gasteiger partial charge in [-0.2, -0.15) is 0 Å². The van der Waals surface area contributed by atoms with Crippen LogP contribution < -0.4 is 5.73 Å². The lowest BCUT2D eigenvalue weighted by atomic mass is 10.2. The molecule has 0 saturated carbocycles. The molecule has 2 aromatic rings. The van der Waals surface area contributed by atoms with Crippen molar-refractivity contribution in [3.05, 3.63) is 45.2 Å². The summed E-state index contributed by atoms with van der Waals surface area (Å²) in [6.45, 7) is 0.516. The van der Waals surface area contributed by atoms with Gasteiger partial charge in [-0.1, -0.05) is 11.6 Å². The highest BCUT2D eigenvalue weighted by molar-refractivity contribution is 6.32. The number of halogens is 1. The molecular weight excluding hydrogens is 256 g/mol. The molecule has 94 valence electrons. The Morgan fingerprint density at radius 2 is 2.28 bits per heavy atom. The maximum absolute atomic E-state index is 10.8. The van der Waals surface area contributed by atoms with Crippen LogP contribution in [0.5, 0.6) is 0 Å². The summed E-state index contributed by atoms with van der Waals surface area (Å²) >= 11 is 5.74. The van der Waals surface area contributed by atoms with Gasteiger partial charge in [-0.3, -0.25) is 10.1 Å². The van der Waals surface area contributed by atoms with E-state index in [1.165, 1.54) is 12.1 Å². The number of H-pyrrole nitrogens is 1. The van der Waals surface area contributed by atoms with Crippen molar-refractivity contribution in [1.82, 2.24) is 9.97 Å². The summed E-state index contributed by atoms with van der Waals surface area (Å²) < 4.78 is 0. The van der Waals surface area contributed by atoms with Gasteiger partial charge in [0.05, 0.1) is 4.92 Å². The van der Waals surface area contributed by atoms with Gasteiger partial charge in [-0.15, -0.1) is 0 Å². The number of nitrogens with one attached hydrogen (secondary N) is 1. The van der Waals surface area contributed by atoms with Crippen molar-refractivity contribution in [2.24, 2.45) is 5.73 Å². The molecule has 0 atom stereocenters. The molecule has 6 nitrogen and oxygen atoms in total. The minimum Gasteiger partial charge on any atom is -0.342 e. The number of benzene rings is 1. The summed E-state index contributed by atoms with van der Waals surface area (Å²) in [4.78, 5) is 17.5. The van der Waals surface area contributed by atoms with E-state index in [-0.39, 0.29) is 10.7 Å². The number of nitrogens with two attached hydrogens (primary N) is 1. The lowest BCUT2D eigenvalue weighted by Crippen LogP contribution is -2.02. The maximum atomic E-state index is 10.8. The van der Waals surface area contributed by atoms with E-state index >= 15 is 0 Å². The Bertz CT molecular complexity index is 582. The number of hydrogen-bond donors (Lipinski definition) is 2. The highest BCUT2D eigenvalue weighted by atomic mass is 35.5. The van der Waals surface area contributed by atoms with Crippen LogP contribution in [0.15, 0.2) is 24.4 Å². The number of aromatic nitrogens is 2. The Labute approximate surface area is 108 Å². The number of nitrogens with zero attached hydrogens (tertiary/aromatic N) is 2. The number of rotatable bonds is 4. The molecule has 2 rings (SSSR count). The van der Waals surface area contributed by atoms with Crippen LogP contribution >= 0.6 is 11.6 Å². The van der Waals surface area contributed by atoms with Crippen LogP contribution in [0.2, 0.25) is 5.02 Å². The molecule has 0 saturated heterocycles. The number of nitro benzene ring substituents is 1. The monoisotopic (exact) mass is 266 g/mol. The smallest absolute Gasteiger partial charge is 0.288 e. The molecule has 0 spiro atoms. The molecule has 0 aliphatic carbocycles. The SMILES string of the molecule is NCCc1cnc(-c2ccc(Cl)c([N+](=O)[O-])c2)[nH]1. The van der Waals surface area contributed by atoms with E-state index in [0.29, 0.717) is 24.4 Å². The van der Waals surface area contributed by atoms with Gasteiger partial charge in [0.25, 0.3) is 5.69 Å². The Morgan fingerprint density at radius 3 is 2.94 bits per heavy atom. The maximum Gasteiger partial charge on any atom is 0.288 e. The van der Waals surface area contributed by atoms with Crippen molar-refractivity contribution in [3.63, 3.8) is 0 Å². The van der Waals surface area contributed by atoms with Crippen LogP contribution in [0.4, 0.5) is 5.69 Å². The molecule has 1 aromatic carbocycles. The zero-order valence-electron chi connectivity index (χ0n) is 9.39. The normalized spacial score (nSPS) is 10.6. The topological polar surface area (TPSA) is 97.8 Å². The molecule has 0 aliphatic rings. The Balaban J connectivity index is 2.38. The molecule has 0 fully saturated rings. The first-order chi connectivity index (χ1) is 8.61. The van der Waals surface area contributed by atoms with Crippen LogP contribution in [0, 0.1) is 10.1 Å². The molecular formula is C11H11ClN4O2. The summed E-state index contributed by atoms with van der Waals surface area (Å²) in [5, 5.41) is 10.9. The Hall–Kier alpha value is -1.92. The number of aromatic amines is 1. The molecule has 3 N–H and O–H groups in total. The zero-order chi connectivity index (χ0) is 13.1. The molecule has 7 heteroatoms. The van der Waals surface area contributed by atoms with Gasteiger partial charge >= 0.3 is 0 Å². The van der Waals surface area contributed by atoms with E-state index in [9.17, 15) is 10.1 Å². The third kappa shape index (κ3) is 2.49. The van der Waals surface area contributed by atoms with E-state index in [1.807, 2.05) is 0 Å². The van der Waals surface area contributed by atoms with Crippen LogP contribution in [0.1, 0.15) is 5.69 Å². The molecule has 1 aromatic heterocycles. The van der Waals surface area contributed by atoms with Gasteiger partial charge in [-0.05, 0) is 18.7 Å². The van der Waals surface area contributed by atoms with Crippen LogP contribution in [0.25, 0.3) is 11.4 Å². The molecule has 0 amide bonds. The average Bonchev–Trinajstić information content (AvgIpc) is 2.78. The van der Waals surface area contributed by atoms with Crippen molar-refractivity contribution in [2.75, 3.05) is 6.54 Å². The molecule has 0 bridgehead atoms. The van der Waals surface area contributed by atoms with Gasteiger partial charge in [0, 0.05) is 29.9 Å². The Morgan fingerprint density at radius 1 is 1.50 bits per heavy atom. The summed E-state index contributed by atoms with van der Waals surface area (Å²) in [5.41, 5.74) is 6.82. The quantitative estimate of drug-likeness (QED) is 0.654. The van der Waals surface area contributed by atoms with E-state index < -0.39 is 4.92 Å². The fourth-order valence-corrected chi connectivity index (χ4v) is 1.77. The van der Waals surface area contributed by atoms with E-state index in [1.54, 1.807) is 12.3 Å². The fourth-order valence-electron chi connectivity index (χ4n) is 1.59. The van der Waals surface area contributed by atoms with Crippen molar-refractivity contribution in [3.8, 4) is 11.4 Å². The third-order valence-electron chi connectivity index (χ3n) is 2.46. The second-order valence-corrected chi connectivity index (χ2v) is 4.13. The zero-order valence-corrected chi connectivity index (χ0v) is 10.1. The summed E-state index contributed by atoms with van der Waals surface area (Å²) in [6, 6.07) is 4.56. The first-order valence-corrected chi connectivity index (χ1v) is 5.68. The highest BCUT2D eigenvalue weighted by Gasteiger charge is 2.14. The minimum atomic E-state index is -0.518. The van der Waals surface area contributed by atoms with Gasteiger partial charge in [-0.25, -0.2) is 4.98 Å². The van der Waals surface area contributed by atoms with Crippen LogP contribution in [0.3, 0.4) is 0 Å². The van der Waals surface area contributed by atoms with Crippen molar-refractivity contribution in [1.29, 1.82) is 0 Å². The van der Waals surface area contributed by atoms with Crippen molar-refractivity contribution < 1.29 is 4.92 Å². The van der Waals surface area contributed by atoms with E-state index in [2.05, 4.69) is 9.97 Å². The summed E-state index contributed by atoms with van der Waals surface area (Å²) in [7, 11) is 0. The third-order valence-corrected chi connectivity index (χ3v) is 2.78. The molecule has 0 unspecified atom stereocenters. The highest BCUT2D eigenvalue weighted by Crippen LogP contribution is 2.28. The molecule has 0 radical (unpaired) electrons. The second kappa shape index (κ2) is 5.16. The lowest BCUT2D eigenvalue weighted by Gasteiger charge is -1.99. The largest absolute Gasteiger partial charge is 0.342 e. The first kappa shape index (κ1) is 12.5. The lowest BCUT2D eigenvalue weighted by molar-refractivity contribution is -0.384. The molecule has 0 aliphatic heterocycles. The van der Waals surface area contributed by atoms with Gasteiger partial charge in [0.15, 0.2) is 0 Å². The van der Waals surface area contributed by atoms with Gasteiger partial charge in [0.2, 0.25) is 0 Å². The van der Waals surface area contributed by atoms with Crippen LogP contribution in [-0.2, 0) is 6.42 Å². The summed E-state index contributed by atoms with van der Waals surface area (Å²) in [6.07, 6.45) is 2.35. The van der Waals surface area contributed by atoms with Gasteiger partial charge in [0.1, 0.15) is 10.8 Å². The standard InChI is InChI=1S/C11H11ClN4O2/c12-9-2-1-7(5-10(9)16(17)18)11-14-6-8(15-11)3-4-13/h1-2,5-6H,3-4,13H2,(H,14,15). The molecule has 18 heavy (non-hydrogen) atoms. The number of nitro groups is 1. The Kier molecular flexibility index (Phi) is 3.59. The van der Waals surface area contributed by atoms with E-state index in [4.69, 9.17) is 17.3 Å². The van der Waals surface area contributed by atoms with Crippen LogP contribution in [-0.4, -0.2) is 21.4 Å². The predicted octanol–water partition coefficient (Wildman–Crippen LogP) is 2.14. The summed E-state index contributed by atoms with van der Waals surface area (Å²) in [5.74, 6) is 0.568. The first-order valence-electron chi connectivity index (χ1n) is 5.30. The second-order valence-electron chi connectivity index (χ2n) is 3.72. The molecule has 1 heterocycles. The number of imidazole rings is 1. The van der Waals surface area contributed by atoms with Crippen molar-refractivity contribution in [2.45, 2.75) is 6.42 Å².